The Morgan fingerprint density at radius 3 is 2.55 bits per heavy atom. The van der Waals surface area contributed by atoms with Crippen LogP contribution in [0, 0.1) is 16.3 Å². The van der Waals surface area contributed by atoms with E-state index in [1.807, 2.05) is 22.6 Å². The fraction of sp³-hybridized carbons (Fsp3) is 0.346. The van der Waals surface area contributed by atoms with E-state index in [4.69, 9.17) is 14.6 Å². The second-order valence-electron chi connectivity index (χ2n) is 8.91. The number of imidazole rings is 1. The third-order valence-corrected chi connectivity index (χ3v) is 6.97. The van der Waals surface area contributed by atoms with Gasteiger partial charge in [-0.1, -0.05) is 12.1 Å². The summed E-state index contributed by atoms with van der Waals surface area (Å²) in [7, 11) is 1.47. The van der Waals surface area contributed by atoms with Crippen LogP contribution in [0.15, 0.2) is 42.5 Å². The van der Waals surface area contributed by atoms with Crippen molar-refractivity contribution in [2.75, 3.05) is 20.3 Å². The number of aromatic nitrogens is 2. The monoisotopic (exact) mass is 638 g/mol. The highest BCUT2D eigenvalue weighted by Gasteiger charge is 2.46. The number of aromatic amines is 1. The molecule has 12 heteroatoms. The van der Waals surface area contributed by atoms with Gasteiger partial charge < -0.3 is 30.0 Å². The van der Waals surface area contributed by atoms with Crippen molar-refractivity contribution in [1.29, 1.82) is 0 Å². The normalized spacial score (nSPS) is 17.9. The number of benzene rings is 2. The lowest BCUT2D eigenvalue weighted by molar-refractivity contribution is -0.131. The molecule has 38 heavy (non-hydrogen) atoms. The minimum atomic E-state index is -1.01. The summed E-state index contributed by atoms with van der Waals surface area (Å²) >= 11 is 2.03. The van der Waals surface area contributed by atoms with E-state index in [0.29, 0.717) is 34.1 Å². The van der Waals surface area contributed by atoms with Crippen LogP contribution in [0.3, 0.4) is 0 Å². The molecule has 4 atom stereocenters. The first-order valence-corrected chi connectivity index (χ1v) is 12.9. The molecule has 1 saturated heterocycles. The number of hydrogen-bond donors (Lipinski definition) is 4. The number of urea groups is 1. The third kappa shape index (κ3) is 5.67. The molecule has 202 valence electrons. The second-order valence-corrected chi connectivity index (χ2v) is 10.2. The minimum Gasteiger partial charge on any atom is -0.491 e. The number of aliphatic hydroxyl groups is 2. The number of aliphatic hydroxyl groups excluding tert-OH is 2. The number of nitrogens with zero attached hydrogens (tertiary/aromatic N) is 2. The molecule has 0 bridgehead atoms. The lowest BCUT2D eigenvalue weighted by Gasteiger charge is -2.28. The van der Waals surface area contributed by atoms with E-state index in [0.717, 1.165) is 8.47 Å². The molecular formula is C26H28FIN4O6. The molecule has 0 aliphatic carbocycles. The van der Waals surface area contributed by atoms with E-state index in [1.54, 1.807) is 50.2 Å². The molecule has 2 heterocycles. The number of rotatable bonds is 10. The highest BCUT2D eigenvalue weighted by Crippen LogP contribution is 2.35. The maximum atomic E-state index is 14.7. The molecule has 1 aliphatic heterocycles. The van der Waals surface area contributed by atoms with Crippen LogP contribution < -0.4 is 10.1 Å². The molecule has 3 amide bonds. The Hall–Kier alpha value is -3.07. The number of nitrogens with one attached hydrogen (secondary N) is 2. The Kier molecular flexibility index (Phi) is 8.65. The van der Waals surface area contributed by atoms with Crippen LogP contribution >= 0.6 is 22.6 Å². The van der Waals surface area contributed by atoms with Crippen molar-refractivity contribution in [2.24, 2.45) is 0 Å². The van der Waals surface area contributed by atoms with E-state index in [-0.39, 0.29) is 6.61 Å². The molecule has 0 saturated carbocycles. The number of amides is 3. The van der Waals surface area contributed by atoms with Crippen molar-refractivity contribution < 1.29 is 33.7 Å². The van der Waals surface area contributed by atoms with Crippen LogP contribution in [0.4, 0.5) is 9.18 Å². The topological polar surface area (TPSA) is 137 Å². The van der Waals surface area contributed by atoms with Crippen LogP contribution in [-0.2, 0) is 9.53 Å². The zero-order chi connectivity index (χ0) is 27.6. The fourth-order valence-electron chi connectivity index (χ4n) is 4.24. The molecule has 0 spiro atoms. The van der Waals surface area contributed by atoms with Crippen molar-refractivity contribution >= 4 is 34.5 Å². The molecule has 4 N–H and O–H groups in total. The van der Waals surface area contributed by atoms with Crippen molar-refractivity contribution in [2.45, 2.75) is 38.1 Å². The van der Waals surface area contributed by atoms with Crippen molar-refractivity contribution in [1.82, 2.24) is 20.2 Å². The average molecular weight is 638 g/mol. The number of aryl methyl sites for hydroxylation is 1. The molecule has 1 aliphatic rings. The average Bonchev–Trinajstić information content (AvgIpc) is 3.42. The Morgan fingerprint density at radius 1 is 1.21 bits per heavy atom. The molecular weight excluding hydrogens is 610 g/mol. The first kappa shape index (κ1) is 28.0. The molecule has 2 aromatic carbocycles. The number of halogens is 2. The number of hydrogen-bond acceptors (Lipinski definition) is 7. The molecule has 3 aromatic rings. The van der Waals surface area contributed by atoms with E-state index in [2.05, 4.69) is 15.3 Å². The Morgan fingerprint density at radius 2 is 1.92 bits per heavy atom. The van der Waals surface area contributed by atoms with Gasteiger partial charge in [-0.2, -0.15) is 0 Å². The summed E-state index contributed by atoms with van der Waals surface area (Å²) in [5.74, 6) is -0.200. The van der Waals surface area contributed by atoms with Crippen molar-refractivity contribution in [3.63, 3.8) is 0 Å². The minimum absolute atomic E-state index is 0.0873. The Balaban J connectivity index is 1.61. The molecule has 4 rings (SSSR count). The zero-order valence-electron chi connectivity index (χ0n) is 20.9. The summed E-state index contributed by atoms with van der Waals surface area (Å²) in [6, 6.07) is 8.84. The van der Waals surface area contributed by atoms with Crippen molar-refractivity contribution in [3.8, 4) is 17.0 Å². The van der Waals surface area contributed by atoms with Gasteiger partial charge in [0.1, 0.15) is 42.2 Å². The van der Waals surface area contributed by atoms with E-state index in [9.17, 15) is 19.1 Å². The molecule has 1 aromatic heterocycles. The smallest absolute Gasteiger partial charge is 0.325 e. The van der Waals surface area contributed by atoms with Crippen LogP contribution in [0.2, 0.25) is 0 Å². The molecule has 0 radical (unpaired) electrons. The fourth-order valence-corrected chi connectivity index (χ4v) is 4.69. The lowest BCUT2D eigenvalue weighted by Crippen LogP contribution is -2.41. The third-order valence-electron chi connectivity index (χ3n) is 6.30. The number of H-pyrrole nitrogens is 1. The van der Waals surface area contributed by atoms with E-state index < -0.39 is 48.7 Å². The number of carbonyl (C=O) groups excluding carboxylic acids is 2. The van der Waals surface area contributed by atoms with Gasteiger partial charge in [0.25, 0.3) is 5.91 Å². The van der Waals surface area contributed by atoms with Crippen LogP contribution in [0.1, 0.15) is 36.1 Å². The lowest BCUT2D eigenvalue weighted by atomic mass is 10.1. The summed E-state index contributed by atoms with van der Waals surface area (Å²) in [5.41, 5.74) is 1.80. The number of imide groups is 1. The maximum absolute atomic E-state index is 14.7. The van der Waals surface area contributed by atoms with Gasteiger partial charge in [0, 0.05) is 21.9 Å². The standard InChI is InChI=1S/C26H28FIN4O6/c1-13-21(19-9-6-16(28)10-20(19)27)30-24(29-13)23(14(2)37-3)32-25(35)22(31-26(32)36)15-4-7-18(8-5-15)38-12-17(34)11-33/h4-10,14,17,22-23,33-34H,11-12H2,1-3H3,(H,29,30)(H,31,36)/t14-,17-,22-,23+/m1/s1. The first-order chi connectivity index (χ1) is 18.1. The molecule has 10 nitrogen and oxygen atoms in total. The van der Waals surface area contributed by atoms with Crippen LogP contribution in [0.25, 0.3) is 11.3 Å². The highest BCUT2D eigenvalue weighted by atomic mass is 127. The summed E-state index contributed by atoms with van der Waals surface area (Å²) in [6.07, 6.45) is -1.64. The van der Waals surface area contributed by atoms with Gasteiger partial charge in [0.15, 0.2) is 0 Å². The van der Waals surface area contributed by atoms with E-state index >= 15 is 0 Å². The SMILES string of the molecule is CO[C@H](C)[C@@H](c1nc(-c2ccc(I)cc2F)c(C)[nH]1)N1C(=O)N[C@H](c2ccc(OC[C@H](O)CO)cc2)C1=O. The van der Waals surface area contributed by atoms with Gasteiger partial charge >= 0.3 is 6.03 Å². The largest absolute Gasteiger partial charge is 0.491 e. The van der Waals surface area contributed by atoms with Gasteiger partial charge in [0.2, 0.25) is 0 Å². The van der Waals surface area contributed by atoms with Crippen LogP contribution in [-0.4, -0.2) is 69.6 Å². The summed E-state index contributed by atoms with van der Waals surface area (Å²) in [4.78, 5) is 35.4. The zero-order valence-corrected chi connectivity index (χ0v) is 23.1. The summed E-state index contributed by atoms with van der Waals surface area (Å²) < 4.78 is 26.4. The summed E-state index contributed by atoms with van der Waals surface area (Å²) in [5, 5.41) is 21.1. The second kappa shape index (κ2) is 11.8. The van der Waals surface area contributed by atoms with Crippen molar-refractivity contribution in [3.05, 3.63) is 68.9 Å². The Labute approximate surface area is 232 Å². The summed E-state index contributed by atoms with van der Waals surface area (Å²) in [6.45, 7) is 2.95. The highest BCUT2D eigenvalue weighted by molar-refractivity contribution is 14.1. The number of ether oxygens (including phenoxy) is 2. The number of methoxy groups -OCH3 is 1. The Bertz CT molecular complexity index is 1320. The molecule has 1 fully saturated rings. The quantitative estimate of drug-likeness (QED) is 0.198. The van der Waals surface area contributed by atoms with Crippen LogP contribution in [0.5, 0.6) is 5.75 Å². The predicted molar refractivity (Wildman–Crippen MR) is 144 cm³/mol. The van der Waals surface area contributed by atoms with Gasteiger partial charge in [-0.3, -0.25) is 4.79 Å². The van der Waals surface area contributed by atoms with E-state index in [1.165, 1.54) is 13.2 Å². The first-order valence-electron chi connectivity index (χ1n) is 11.8. The van der Waals surface area contributed by atoms with Gasteiger partial charge in [-0.05, 0) is 72.3 Å². The van der Waals surface area contributed by atoms with Gasteiger partial charge in [-0.15, -0.1) is 0 Å². The van der Waals surface area contributed by atoms with Gasteiger partial charge in [-0.25, -0.2) is 19.1 Å². The maximum Gasteiger partial charge on any atom is 0.325 e. The molecule has 0 unspecified atom stereocenters. The number of carbonyl (C=O) groups is 2. The van der Waals surface area contributed by atoms with Gasteiger partial charge in [0.05, 0.1) is 18.4 Å². The predicted octanol–water partition coefficient (Wildman–Crippen LogP) is 3.23.